The predicted octanol–water partition coefficient (Wildman–Crippen LogP) is 3.09. The molecule has 6 heteroatoms. The highest BCUT2D eigenvalue weighted by Crippen LogP contribution is 2.34. The van der Waals surface area contributed by atoms with Crippen molar-refractivity contribution < 1.29 is 4.39 Å². The van der Waals surface area contributed by atoms with Crippen molar-refractivity contribution in [3.8, 4) is 0 Å². The van der Waals surface area contributed by atoms with E-state index in [2.05, 4.69) is 12.3 Å². The molecule has 3 unspecified atom stereocenters. The first-order valence-electron chi connectivity index (χ1n) is 6.25. The maximum atomic E-state index is 13.8. The number of hydrazine groups is 1. The van der Waals surface area contributed by atoms with E-state index in [1.54, 1.807) is 12.1 Å². The second kappa shape index (κ2) is 7.18. The Morgan fingerprint density at radius 1 is 1.47 bits per heavy atom. The number of benzene rings is 1. The zero-order chi connectivity index (χ0) is 13.8. The second-order valence-electron chi connectivity index (χ2n) is 4.62. The summed E-state index contributed by atoms with van der Waals surface area (Å²) in [5.74, 6) is 7.75. The van der Waals surface area contributed by atoms with Gasteiger partial charge in [-0.15, -0.1) is 0 Å². The van der Waals surface area contributed by atoms with Gasteiger partial charge in [-0.1, -0.05) is 18.5 Å². The fourth-order valence-corrected chi connectivity index (χ4v) is 5.44. The van der Waals surface area contributed by atoms with Crippen LogP contribution in [0, 0.1) is 5.82 Å². The highest BCUT2D eigenvalue weighted by Gasteiger charge is 2.30. The molecule has 3 atom stereocenters. The average Bonchev–Trinajstić information content (AvgIpc) is 2.41. The Kier molecular flexibility index (Phi) is 5.84. The number of hydrogen-bond acceptors (Lipinski definition) is 4. The minimum absolute atomic E-state index is 0.0563. The van der Waals surface area contributed by atoms with Crippen LogP contribution in [0.15, 0.2) is 18.2 Å². The van der Waals surface area contributed by atoms with Gasteiger partial charge in [0.1, 0.15) is 5.82 Å². The first kappa shape index (κ1) is 15.4. The molecule has 1 aromatic rings. The fraction of sp³-hybridized carbons (Fsp3) is 0.538. The van der Waals surface area contributed by atoms with Gasteiger partial charge in [0.05, 0.1) is 0 Å². The molecule has 1 heterocycles. The normalized spacial score (nSPS) is 25.3. The van der Waals surface area contributed by atoms with Crippen LogP contribution in [0.3, 0.4) is 0 Å². The van der Waals surface area contributed by atoms with Gasteiger partial charge in [-0.25, -0.2) is 4.39 Å². The Morgan fingerprint density at radius 2 is 2.21 bits per heavy atom. The lowest BCUT2D eigenvalue weighted by Crippen LogP contribution is -2.48. The number of hydrogen-bond donors (Lipinski definition) is 2. The Hall–Kier alpha value is 0.0600. The van der Waals surface area contributed by atoms with Crippen molar-refractivity contribution in [2.45, 2.75) is 29.9 Å². The number of thioether (sulfide) groups is 2. The van der Waals surface area contributed by atoms with Crippen LogP contribution in [0.4, 0.5) is 4.39 Å². The summed E-state index contributed by atoms with van der Waals surface area (Å²) in [6.07, 6.45) is 0.561. The van der Waals surface area contributed by atoms with Gasteiger partial charge >= 0.3 is 0 Å². The van der Waals surface area contributed by atoms with Crippen molar-refractivity contribution in [2.24, 2.45) is 5.84 Å². The molecule has 3 N–H and O–H groups in total. The highest BCUT2D eigenvalue weighted by atomic mass is 35.5. The lowest BCUT2D eigenvalue weighted by atomic mass is 10.0. The van der Waals surface area contributed by atoms with Gasteiger partial charge in [-0.05, 0) is 30.2 Å². The third kappa shape index (κ3) is 4.02. The van der Waals surface area contributed by atoms with Gasteiger partial charge < -0.3 is 0 Å². The minimum atomic E-state index is -0.217. The van der Waals surface area contributed by atoms with Crippen LogP contribution in [0.2, 0.25) is 5.02 Å². The largest absolute Gasteiger partial charge is 0.271 e. The zero-order valence-corrected chi connectivity index (χ0v) is 13.1. The van der Waals surface area contributed by atoms with Crippen LogP contribution in [-0.4, -0.2) is 28.0 Å². The van der Waals surface area contributed by atoms with Gasteiger partial charge in [0.15, 0.2) is 0 Å². The van der Waals surface area contributed by atoms with Crippen LogP contribution in [0.1, 0.15) is 12.5 Å². The van der Waals surface area contributed by atoms with E-state index in [1.807, 2.05) is 23.5 Å². The summed E-state index contributed by atoms with van der Waals surface area (Å²) in [5, 5.41) is 1.47. The van der Waals surface area contributed by atoms with Crippen LogP contribution in [0.25, 0.3) is 0 Å². The molecule has 0 radical (unpaired) electrons. The molecule has 2 rings (SSSR count). The molecule has 1 fully saturated rings. The molecule has 0 saturated carbocycles. The summed E-state index contributed by atoms with van der Waals surface area (Å²) in [6, 6.07) is 4.73. The summed E-state index contributed by atoms with van der Waals surface area (Å²) in [5.41, 5.74) is 3.48. The molecule has 19 heavy (non-hydrogen) atoms. The first-order chi connectivity index (χ1) is 9.11. The van der Waals surface area contributed by atoms with Crippen LogP contribution in [-0.2, 0) is 6.42 Å². The van der Waals surface area contributed by atoms with E-state index < -0.39 is 0 Å². The molecule has 0 spiro atoms. The lowest BCUT2D eigenvalue weighted by molar-refractivity contribution is 0.489. The summed E-state index contributed by atoms with van der Waals surface area (Å²) < 4.78 is 13.8. The lowest BCUT2D eigenvalue weighted by Gasteiger charge is -2.34. The van der Waals surface area contributed by atoms with Gasteiger partial charge in [0, 0.05) is 33.1 Å². The molecule has 1 aromatic carbocycles. The number of halogens is 2. The SMILES string of the molecule is CC1SCCSC1C(Cc1cc(Cl)ccc1F)NN. The monoisotopic (exact) mass is 320 g/mol. The van der Waals surface area contributed by atoms with Crippen molar-refractivity contribution in [3.63, 3.8) is 0 Å². The Bertz CT molecular complexity index is 433. The molecule has 1 aliphatic rings. The van der Waals surface area contributed by atoms with E-state index in [-0.39, 0.29) is 11.9 Å². The second-order valence-corrected chi connectivity index (χ2v) is 7.83. The van der Waals surface area contributed by atoms with E-state index in [4.69, 9.17) is 17.4 Å². The van der Waals surface area contributed by atoms with E-state index in [0.717, 1.165) is 5.75 Å². The molecule has 0 aromatic heterocycles. The fourth-order valence-electron chi connectivity index (χ4n) is 2.30. The summed E-state index contributed by atoms with van der Waals surface area (Å²) in [6.45, 7) is 2.21. The summed E-state index contributed by atoms with van der Waals surface area (Å²) >= 11 is 9.80. The standard InChI is InChI=1S/C13H18ClFN2S2/c1-8-13(19-5-4-18-8)12(17-16)7-9-6-10(14)2-3-11(9)15/h2-3,6,8,12-13,17H,4-5,7,16H2,1H3. The van der Waals surface area contributed by atoms with Crippen LogP contribution in [0.5, 0.6) is 0 Å². The Labute approximate surface area is 127 Å². The molecule has 0 amide bonds. The van der Waals surface area contributed by atoms with E-state index in [0.29, 0.717) is 27.5 Å². The van der Waals surface area contributed by atoms with E-state index in [9.17, 15) is 4.39 Å². The van der Waals surface area contributed by atoms with Gasteiger partial charge in [0.25, 0.3) is 0 Å². The van der Waals surface area contributed by atoms with Gasteiger partial charge in [-0.3, -0.25) is 11.3 Å². The molecular weight excluding hydrogens is 303 g/mol. The predicted molar refractivity (Wildman–Crippen MR) is 84.4 cm³/mol. The molecule has 0 aliphatic carbocycles. The quantitative estimate of drug-likeness (QED) is 0.660. The van der Waals surface area contributed by atoms with Crippen molar-refractivity contribution >= 4 is 35.1 Å². The highest BCUT2D eigenvalue weighted by molar-refractivity contribution is 8.07. The van der Waals surface area contributed by atoms with E-state index >= 15 is 0 Å². The number of nitrogens with one attached hydrogen (secondary N) is 1. The molecule has 1 aliphatic heterocycles. The van der Waals surface area contributed by atoms with Gasteiger partial charge in [-0.2, -0.15) is 23.5 Å². The number of nitrogens with two attached hydrogens (primary N) is 1. The Morgan fingerprint density at radius 3 is 2.89 bits per heavy atom. The van der Waals surface area contributed by atoms with Crippen LogP contribution < -0.4 is 11.3 Å². The summed E-state index contributed by atoms with van der Waals surface area (Å²) in [4.78, 5) is 0. The smallest absolute Gasteiger partial charge is 0.126 e. The maximum absolute atomic E-state index is 13.8. The first-order valence-corrected chi connectivity index (χ1v) is 8.72. The summed E-state index contributed by atoms with van der Waals surface area (Å²) in [7, 11) is 0. The minimum Gasteiger partial charge on any atom is -0.271 e. The van der Waals surface area contributed by atoms with Gasteiger partial charge in [0.2, 0.25) is 0 Å². The topological polar surface area (TPSA) is 38.0 Å². The maximum Gasteiger partial charge on any atom is 0.126 e. The van der Waals surface area contributed by atoms with Crippen molar-refractivity contribution in [2.75, 3.05) is 11.5 Å². The van der Waals surface area contributed by atoms with Crippen molar-refractivity contribution in [1.82, 2.24) is 5.43 Å². The molecular formula is C13H18ClFN2S2. The Balaban J connectivity index is 2.11. The molecule has 1 saturated heterocycles. The van der Waals surface area contributed by atoms with E-state index in [1.165, 1.54) is 11.8 Å². The van der Waals surface area contributed by atoms with Crippen molar-refractivity contribution in [1.29, 1.82) is 0 Å². The van der Waals surface area contributed by atoms with Crippen molar-refractivity contribution in [3.05, 3.63) is 34.6 Å². The zero-order valence-electron chi connectivity index (χ0n) is 10.7. The third-order valence-corrected chi connectivity index (χ3v) is 6.78. The third-order valence-electron chi connectivity index (χ3n) is 3.30. The average molecular weight is 321 g/mol. The number of rotatable bonds is 4. The molecule has 2 nitrogen and oxygen atoms in total. The van der Waals surface area contributed by atoms with Crippen LogP contribution >= 0.6 is 35.1 Å². The molecule has 0 bridgehead atoms. The molecule has 106 valence electrons.